The molecule has 1 aromatic carbocycles. The van der Waals surface area contributed by atoms with Gasteiger partial charge in [0.2, 0.25) is 5.75 Å². The normalized spacial score (nSPS) is 12.1. The van der Waals surface area contributed by atoms with Gasteiger partial charge >= 0.3 is 0 Å². The van der Waals surface area contributed by atoms with Crippen molar-refractivity contribution in [1.29, 1.82) is 0 Å². The quantitative estimate of drug-likeness (QED) is 0.771. The molecule has 0 saturated carbocycles. The molecule has 0 aromatic heterocycles. The number of methoxy groups -OCH3 is 3. The number of nitrogens with two attached hydrogens (primary N) is 2. The van der Waals surface area contributed by atoms with E-state index in [4.69, 9.17) is 25.7 Å². The summed E-state index contributed by atoms with van der Waals surface area (Å²) in [6.45, 7) is 0.339. The molecule has 0 spiro atoms. The highest BCUT2D eigenvalue weighted by Gasteiger charge is 2.18. The van der Waals surface area contributed by atoms with Crippen LogP contribution in [0.2, 0.25) is 0 Å². The minimum Gasteiger partial charge on any atom is -0.493 e. The molecule has 0 unspecified atom stereocenters. The first kappa shape index (κ1) is 12.6. The summed E-state index contributed by atoms with van der Waals surface area (Å²) in [4.78, 5) is 0. The molecule has 1 atom stereocenters. The lowest BCUT2D eigenvalue weighted by atomic mass is 10.1. The second-order valence-corrected chi connectivity index (χ2v) is 3.27. The van der Waals surface area contributed by atoms with E-state index in [9.17, 15) is 0 Å². The summed E-state index contributed by atoms with van der Waals surface area (Å²) in [7, 11) is 4.68. The lowest BCUT2D eigenvalue weighted by Gasteiger charge is -2.18. The standard InChI is InChI=1S/C11H18N2O3/c1-14-9-5-4-7(8(13)6-12)10(15-2)11(9)16-3/h4-5,8H,6,12-13H2,1-3H3/t8-/m0/s1. The van der Waals surface area contributed by atoms with Crippen LogP contribution in [0.4, 0.5) is 0 Å². The van der Waals surface area contributed by atoms with Crippen molar-refractivity contribution >= 4 is 0 Å². The fraction of sp³-hybridized carbons (Fsp3) is 0.455. The van der Waals surface area contributed by atoms with E-state index >= 15 is 0 Å². The Morgan fingerprint density at radius 1 is 1.06 bits per heavy atom. The summed E-state index contributed by atoms with van der Waals surface area (Å²) >= 11 is 0. The van der Waals surface area contributed by atoms with E-state index in [1.54, 1.807) is 27.4 Å². The third-order valence-electron chi connectivity index (χ3n) is 2.39. The largest absolute Gasteiger partial charge is 0.493 e. The van der Waals surface area contributed by atoms with Gasteiger partial charge in [-0.15, -0.1) is 0 Å². The van der Waals surface area contributed by atoms with Crippen molar-refractivity contribution in [2.45, 2.75) is 6.04 Å². The molecule has 5 heteroatoms. The molecule has 4 N–H and O–H groups in total. The number of ether oxygens (including phenoxy) is 3. The highest BCUT2D eigenvalue weighted by Crippen LogP contribution is 2.41. The SMILES string of the molecule is COc1ccc([C@@H](N)CN)c(OC)c1OC. The van der Waals surface area contributed by atoms with Crippen LogP contribution in [0.25, 0.3) is 0 Å². The molecule has 0 saturated heterocycles. The molecule has 0 aliphatic heterocycles. The summed E-state index contributed by atoms with van der Waals surface area (Å²) < 4.78 is 15.7. The smallest absolute Gasteiger partial charge is 0.203 e. The lowest BCUT2D eigenvalue weighted by molar-refractivity contribution is 0.321. The Labute approximate surface area is 95.3 Å². The third kappa shape index (κ3) is 2.20. The number of hydrogen-bond donors (Lipinski definition) is 2. The van der Waals surface area contributed by atoms with E-state index in [0.717, 1.165) is 5.56 Å². The van der Waals surface area contributed by atoms with E-state index in [0.29, 0.717) is 23.8 Å². The minimum absolute atomic E-state index is 0.283. The first-order chi connectivity index (χ1) is 7.69. The van der Waals surface area contributed by atoms with Crippen LogP contribution in [0, 0.1) is 0 Å². The van der Waals surface area contributed by atoms with Crippen molar-refractivity contribution in [1.82, 2.24) is 0 Å². The van der Waals surface area contributed by atoms with Crippen molar-refractivity contribution in [2.75, 3.05) is 27.9 Å². The molecule has 0 bridgehead atoms. The number of rotatable bonds is 5. The Hall–Kier alpha value is -1.46. The summed E-state index contributed by atoms with van der Waals surface area (Å²) in [5, 5.41) is 0. The van der Waals surface area contributed by atoms with E-state index in [-0.39, 0.29) is 6.04 Å². The molecule has 0 aliphatic rings. The van der Waals surface area contributed by atoms with Gasteiger partial charge in [-0.25, -0.2) is 0 Å². The van der Waals surface area contributed by atoms with E-state index in [2.05, 4.69) is 0 Å². The Balaban J connectivity index is 3.31. The molecule has 0 radical (unpaired) electrons. The monoisotopic (exact) mass is 226 g/mol. The summed E-state index contributed by atoms with van der Waals surface area (Å²) in [5.41, 5.74) is 12.2. The highest BCUT2D eigenvalue weighted by atomic mass is 16.5. The van der Waals surface area contributed by atoms with Crippen molar-refractivity contribution in [3.63, 3.8) is 0 Å². The van der Waals surface area contributed by atoms with Crippen LogP contribution in [0.5, 0.6) is 17.2 Å². The fourth-order valence-corrected chi connectivity index (χ4v) is 1.54. The lowest BCUT2D eigenvalue weighted by Crippen LogP contribution is -2.21. The first-order valence-electron chi connectivity index (χ1n) is 4.94. The van der Waals surface area contributed by atoms with Crippen LogP contribution in [0.3, 0.4) is 0 Å². The van der Waals surface area contributed by atoms with Crippen LogP contribution in [-0.2, 0) is 0 Å². The van der Waals surface area contributed by atoms with Crippen LogP contribution < -0.4 is 25.7 Å². The van der Waals surface area contributed by atoms with Crippen LogP contribution in [0.15, 0.2) is 12.1 Å². The Morgan fingerprint density at radius 2 is 1.69 bits per heavy atom. The van der Waals surface area contributed by atoms with E-state index in [1.165, 1.54) is 0 Å². The van der Waals surface area contributed by atoms with E-state index in [1.807, 2.05) is 6.07 Å². The maximum absolute atomic E-state index is 5.88. The van der Waals surface area contributed by atoms with Crippen LogP contribution >= 0.6 is 0 Å². The molecule has 0 heterocycles. The molecule has 0 fully saturated rings. The average Bonchev–Trinajstić information content (AvgIpc) is 2.35. The molecule has 1 aromatic rings. The molecular formula is C11H18N2O3. The second-order valence-electron chi connectivity index (χ2n) is 3.27. The first-order valence-corrected chi connectivity index (χ1v) is 4.94. The summed E-state index contributed by atoms with van der Waals surface area (Å²) in [5.74, 6) is 1.71. The Kier molecular flexibility index (Phi) is 4.39. The Morgan fingerprint density at radius 3 is 2.12 bits per heavy atom. The third-order valence-corrected chi connectivity index (χ3v) is 2.39. The maximum atomic E-state index is 5.88. The van der Waals surface area contributed by atoms with Crippen molar-refractivity contribution < 1.29 is 14.2 Å². The van der Waals surface area contributed by atoms with Gasteiger partial charge in [0.25, 0.3) is 0 Å². The zero-order valence-corrected chi connectivity index (χ0v) is 9.82. The van der Waals surface area contributed by atoms with Gasteiger partial charge in [0.05, 0.1) is 21.3 Å². The van der Waals surface area contributed by atoms with Gasteiger partial charge in [-0.05, 0) is 12.1 Å². The fourth-order valence-electron chi connectivity index (χ4n) is 1.54. The molecule has 0 amide bonds. The molecule has 0 aliphatic carbocycles. The topological polar surface area (TPSA) is 79.7 Å². The second kappa shape index (κ2) is 5.58. The predicted molar refractivity (Wildman–Crippen MR) is 62.1 cm³/mol. The van der Waals surface area contributed by atoms with Gasteiger partial charge < -0.3 is 25.7 Å². The van der Waals surface area contributed by atoms with Crippen molar-refractivity contribution in [3.05, 3.63) is 17.7 Å². The number of benzene rings is 1. The maximum Gasteiger partial charge on any atom is 0.203 e. The van der Waals surface area contributed by atoms with Gasteiger partial charge in [-0.1, -0.05) is 0 Å². The van der Waals surface area contributed by atoms with Crippen LogP contribution in [0.1, 0.15) is 11.6 Å². The average molecular weight is 226 g/mol. The summed E-state index contributed by atoms with van der Waals surface area (Å²) in [6, 6.07) is 3.33. The molecule has 1 rings (SSSR count). The molecule has 90 valence electrons. The zero-order chi connectivity index (χ0) is 12.1. The predicted octanol–water partition coefficient (Wildman–Crippen LogP) is 0.671. The van der Waals surface area contributed by atoms with Gasteiger partial charge in [-0.2, -0.15) is 0 Å². The van der Waals surface area contributed by atoms with Crippen LogP contribution in [-0.4, -0.2) is 27.9 Å². The van der Waals surface area contributed by atoms with Gasteiger partial charge in [0.15, 0.2) is 11.5 Å². The van der Waals surface area contributed by atoms with E-state index < -0.39 is 0 Å². The molecule has 5 nitrogen and oxygen atoms in total. The highest BCUT2D eigenvalue weighted by molar-refractivity contribution is 5.56. The zero-order valence-electron chi connectivity index (χ0n) is 9.82. The number of hydrogen-bond acceptors (Lipinski definition) is 5. The van der Waals surface area contributed by atoms with Gasteiger partial charge in [0.1, 0.15) is 0 Å². The summed E-state index contributed by atoms with van der Waals surface area (Å²) in [6.07, 6.45) is 0. The van der Waals surface area contributed by atoms with Gasteiger partial charge in [0, 0.05) is 18.2 Å². The minimum atomic E-state index is -0.283. The van der Waals surface area contributed by atoms with Gasteiger partial charge in [-0.3, -0.25) is 0 Å². The molecular weight excluding hydrogens is 208 g/mol. The van der Waals surface area contributed by atoms with Crippen molar-refractivity contribution in [2.24, 2.45) is 11.5 Å². The molecule has 16 heavy (non-hydrogen) atoms. The van der Waals surface area contributed by atoms with Crippen molar-refractivity contribution in [3.8, 4) is 17.2 Å². The Bertz CT molecular complexity index is 355.